The van der Waals surface area contributed by atoms with Crippen LogP contribution in [0.4, 0.5) is 3.89 Å². The normalized spacial score (nSPS) is 11.1. The lowest BCUT2D eigenvalue weighted by Gasteiger charge is -2.06. The number of benzene rings is 1. The van der Waals surface area contributed by atoms with Crippen LogP contribution >= 0.6 is 22.6 Å². The zero-order valence-electron chi connectivity index (χ0n) is 7.92. The quantitative estimate of drug-likeness (QED) is 0.471. The van der Waals surface area contributed by atoms with Crippen LogP contribution in [-0.4, -0.2) is 8.42 Å². The van der Waals surface area contributed by atoms with Crippen molar-refractivity contribution in [2.75, 3.05) is 0 Å². The molecular weight excluding hydrogens is 330 g/mol. The molecule has 0 aromatic heterocycles. The van der Waals surface area contributed by atoms with Crippen molar-refractivity contribution in [3.63, 3.8) is 0 Å². The molecule has 0 fully saturated rings. The molecule has 1 aromatic carbocycles. The topological polar surface area (TPSA) is 34.1 Å². The molecule has 0 radical (unpaired) electrons. The van der Waals surface area contributed by atoms with E-state index in [0.717, 1.165) is 3.57 Å². The highest BCUT2D eigenvalue weighted by Gasteiger charge is 2.13. The molecule has 0 bridgehead atoms. The van der Waals surface area contributed by atoms with Crippen LogP contribution in [0.5, 0.6) is 0 Å². The number of halogens is 2. The molecule has 2 nitrogen and oxygen atoms in total. The monoisotopic (exact) mass is 338 g/mol. The van der Waals surface area contributed by atoms with Crippen molar-refractivity contribution in [3.8, 4) is 12.3 Å². The standard InChI is InChI=1S/C10H8FIO2S/c1-3-8-4-10(12)5-9(7(8)2)6-15(11,13)14/h1,4-5H,6H2,2H3. The predicted octanol–water partition coefficient (Wildman–Crippen LogP) is 2.38. The molecule has 0 N–H and O–H groups in total. The van der Waals surface area contributed by atoms with E-state index in [2.05, 4.69) is 5.92 Å². The van der Waals surface area contributed by atoms with Gasteiger partial charge in [0.2, 0.25) is 0 Å². The van der Waals surface area contributed by atoms with Crippen molar-refractivity contribution in [1.29, 1.82) is 0 Å². The van der Waals surface area contributed by atoms with E-state index in [-0.39, 0.29) is 0 Å². The zero-order valence-corrected chi connectivity index (χ0v) is 10.9. The van der Waals surface area contributed by atoms with E-state index in [1.165, 1.54) is 0 Å². The van der Waals surface area contributed by atoms with Gasteiger partial charge in [-0.3, -0.25) is 0 Å². The van der Waals surface area contributed by atoms with Crippen LogP contribution in [0.15, 0.2) is 12.1 Å². The second kappa shape index (κ2) is 4.49. The average molecular weight is 338 g/mol. The Morgan fingerprint density at radius 1 is 1.53 bits per heavy atom. The minimum Gasteiger partial charge on any atom is -0.194 e. The summed E-state index contributed by atoms with van der Waals surface area (Å²) in [5, 5.41) is 0. The van der Waals surface area contributed by atoms with E-state index in [4.69, 9.17) is 6.42 Å². The molecule has 80 valence electrons. The van der Waals surface area contributed by atoms with E-state index in [1.807, 2.05) is 22.6 Å². The number of hydrogen-bond donors (Lipinski definition) is 0. The predicted molar refractivity (Wildman–Crippen MR) is 65.6 cm³/mol. The molecule has 0 spiro atoms. The molecule has 0 heterocycles. The summed E-state index contributed by atoms with van der Waals surface area (Å²) in [7, 11) is -4.51. The highest BCUT2D eigenvalue weighted by Crippen LogP contribution is 2.20. The fourth-order valence-corrected chi connectivity index (χ4v) is 2.58. The summed E-state index contributed by atoms with van der Waals surface area (Å²) in [6.07, 6.45) is 5.26. The van der Waals surface area contributed by atoms with Crippen LogP contribution < -0.4 is 0 Å². The van der Waals surface area contributed by atoms with Crippen molar-refractivity contribution in [3.05, 3.63) is 32.4 Å². The summed E-state index contributed by atoms with van der Waals surface area (Å²) in [6, 6.07) is 3.37. The molecule has 15 heavy (non-hydrogen) atoms. The third kappa shape index (κ3) is 3.47. The summed E-state index contributed by atoms with van der Waals surface area (Å²) in [5.74, 6) is 1.82. The minimum absolute atomic E-state index is 0.414. The van der Waals surface area contributed by atoms with Gasteiger partial charge in [-0.2, -0.15) is 8.42 Å². The van der Waals surface area contributed by atoms with Crippen LogP contribution in [-0.2, 0) is 16.0 Å². The van der Waals surface area contributed by atoms with Crippen LogP contribution in [0.1, 0.15) is 16.7 Å². The summed E-state index contributed by atoms with van der Waals surface area (Å²) < 4.78 is 34.4. The fourth-order valence-electron chi connectivity index (χ4n) is 1.22. The summed E-state index contributed by atoms with van der Waals surface area (Å²) >= 11 is 2.01. The Bertz CT molecular complexity index is 529. The SMILES string of the molecule is C#Cc1cc(I)cc(CS(=O)(=O)F)c1C. The molecular formula is C10H8FIO2S. The molecule has 0 amide bonds. The van der Waals surface area contributed by atoms with Crippen molar-refractivity contribution in [2.24, 2.45) is 0 Å². The first kappa shape index (κ1) is 12.5. The molecule has 1 rings (SSSR count). The Hall–Kier alpha value is -0.610. The number of rotatable bonds is 2. The first-order valence-electron chi connectivity index (χ1n) is 4.01. The van der Waals surface area contributed by atoms with Gasteiger partial charge in [0.1, 0.15) is 5.75 Å². The van der Waals surface area contributed by atoms with Gasteiger partial charge in [0.15, 0.2) is 0 Å². The molecule has 0 saturated heterocycles. The third-order valence-electron chi connectivity index (χ3n) is 1.96. The maximum absolute atomic E-state index is 12.5. The largest absolute Gasteiger partial charge is 0.306 e. The van der Waals surface area contributed by atoms with Gasteiger partial charge in [-0.1, -0.05) is 5.92 Å². The summed E-state index contributed by atoms with van der Waals surface area (Å²) in [6.45, 7) is 1.69. The van der Waals surface area contributed by atoms with E-state index in [1.54, 1.807) is 19.1 Å². The lowest BCUT2D eigenvalue weighted by molar-refractivity contribution is 0.551. The molecule has 0 aliphatic carbocycles. The summed E-state index contributed by atoms with van der Waals surface area (Å²) in [5.41, 5.74) is 1.65. The van der Waals surface area contributed by atoms with Crippen LogP contribution in [0.3, 0.4) is 0 Å². The first-order valence-corrected chi connectivity index (χ1v) is 6.64. The molecule has 0 saturated carbocycles. The van der Waals surface area contributed by atoms with Gasteiger partial charge in [-0.05, 0) is 52.8 Å². The molecule has 0 aliphatic rings. The van der Waals surface area contributed by atoms with Crippen LogP contribution in [0, 0.1) is 22.8 Å². The molecule has 5 heteroatoms. The minimum atomic E-state index is -4.51. The van der Waals surface area contributed by atoms with Gasteiger partial charge >= 0.3 is 10.2 Å². The van der Waals surface area contributed by atoms with E-state index in [9.17, 15) is 12.3 Å². The maximum Gasteiger partial charge on any atom is 0.306 e. The Morgan fingerprint density at radius 2 is 2.13 bits per heavy atom. The highest BCUT2D eigenvalue weighted by atomic mass is 127. The number of hydrogen-bond acceptors (Lipinski definition) is 2. The van der Waals surface area contributed by atoms with Crippen LogP contribution in [0.2, 0.25) is 0 Å². The molecule has 0 unspecified atom stereocenters. The average Bonchev–Trinajstić information content (AvgIpc) is 2.08. The maximum atomic E-state index is 12.5. The Balaban J connectivity index is 3.32. The smallest absolute Gasteiger partial charge is 0.194 e. The second-order valence-corrected chi connectivity index (χ2v) is 5.68. The van der Waals surface area contributed by atoms with Crippen molar-refractivity contribution >= 4 is 32.8 Å². The van der Waals surface area contributed by atoms with Gasteiger partial charge in [0, 0.05) is 9.13 Å². The first-order chi connectivity index (χ1) is 6.83. The molecule has 0 aliphatic heterocycles. The lowest BCUT2D eigenvalue weighted by atomic mass is 10.0. The second-order valence-electron chi connectivity index (χ2n) is 3.06. The highest BCUT2D eigenvalue weighted by molar-refractivity contribution is 14.1. The van der Waals surface area contributed by atoms with Crippen LogP contribution in [0.25, 0.3) is 0 Å². The van der Waals surface area contributed by atoms with Crippen molar-refractivity contribution in [1.82, 2.24) is 0 Å². The van der Waals surface area contributed by atoms with E-state index >= 15 is 0 Å². The van der Waals surface area contributed by atoms with Gasteiger partial charge in [-0.15, -0.1) is 10.3 Å². The molecule has 1 aromatic rings. The Kier molecular flexibility index (Phi) is 3.73. The van der Waals surface area contributed by atoms with Gasteiger partial charge < -0.3 is 0 Å². The van der Waals surface area contributed by atoms with E-state index in [0.29, 0.717) is 16.7 Å². The van der Waals surface area contributed by atoms with Crippen molar-refractivity contribution < 1.29 is 12.3 Å². The zero-order chi connectivity index (χ0) is 11.6. The Morgan fingerprint density at radius 3 is 2.60 bits per heavy atom. The fraction of sp³-hybridized carbons (Fsp3) is 0.200. The summed E-state index contributed by atoms with van der Waals surface area (Å²) in [4.78, 5) is 0. The van der Waals surface area contributed by atoms with Crippen molar-refractivity contribution in [2.45, 2.75) is 12.7 Å². The third-order valence-corrected chi connectivity index (χ3v) is 3.24. The van der Waals surface area contributed by atoms with Gasteiger partial charge in [0.25, 0.3) is 0 Å². The number of terminal acetylenes is 1. The van der Waals surface area contributed by atoms with Gasteiger partial charge in [0.05, 0.1) is 0 Å². The molecule has 0 atom stereocenters. The van der Waals surface area contributed by atoms with E-state index < -0.39 is 16.0 Å². The Labute approximate surface area is 102 Å². The van der Waals surface area contributed by atoms with Gasteiger partial charge in [-0.25, -0.2) is 0 Å². The lowest BCUT2D eigenvalue weighted by Crippen LogP contribution is -2.01.